The lowest BCUT2D eigenvalue weighted by Gasteiger charge is -2.28. The average molecular weight is 1350 g/mol. The number of aliphatic hydroxyl groups excluding tert-OH is 1. The SMILES string of the molecule is CNC(=O)C[C@@H]1NC(=O)c2csc(n2)-c2ccc(-c3nc(N(CCCC(=O)O)C(=O)C[C@H]4CC[C@H](C(=O)O)CC4)cs3)nc2-c2csc(n2)-c2csc(n2)[C@H]([C@@H](O)c2ccccc2)NC(=O)CNC(=O)c2nc(sc2COC)C(C(C)C)NC(=O)c2nc1sc2C. The molecule has 8 N–H and O–H groups in total. The van der Waals surface area contributed by atoms with Crippen molar-refractivity contribution < 1.29 is 58.4 Å². The first kappa shape index (κ1) is 65.8. The number of carbonyl (C=O) groups excluding carboxylic acids is 6. The van der Waals surface area contributed by atoms with Gasteiger partial charge in [-0.2, -0.15) is 0 Å². The minimum Gasteiger partial charge on any atom is -0.481 e. The van der Waals surface area contributed by atoms with Gasteiger partial charge in [-0.1, -0.05) is 44.2 Å². The van der Waals surface area contributed by atoms with Crippen LogP contribution < -0.4 is 31.5 Å². The number of methoxy groups -OCH3 is 1. The monoisotopic (exact) mass is 1350 g/mol. The van der Waals surface area contributed by atoms with E-state index in [9.17, 15) is 53.7 Å². The van der Waals surface area contributed by atoms with Crippen molar-refractivity contribution in [1.29, 1.82) is 0 Å². The molecule has 8 aromatic rings. The van der Waals surface area contributed by atoms with E-state index in [4.69, 9.17) is 39.6 Å². The van der Waals surface area contributed by atoms with E-state index < -0.39 is 78.2 Å². The summed E-state index contributed by atoms with van der Waals surface area (Å²) in [6.07, 6.45) is 0.615. The lowest BCUT2D eigenvalue weighted by Crippen LogP contribution is -2.40. The zero-order chi connectivity index (χ0) is 64.6. The first-order valence-corrected chi connectivity index (χ1v) is 34.1. The molecule has 476 valence electrons. The number of pyridine rings is 1. The van der Waals surface area contributed by atoms with Gasteiger partial charge in [-0.05, 0) is 68.6 Å². The standard InChI is InChI=1S/C60H63N13O12S6/c1-28(2)45-59-72-48(39(91-59)23-85-5)52(81)62-22-42(75)69-49(50(79)31-10-7-6-8-11-31)58-67-38(26-88-58)56-65-36(24-87-56)47-33(54-66-37(25-86-54)51(80)64-35(21-41(74)61-4)57-71-46(29(3)90-57)53(82)70-45)17-18-34(63-47)55-68-40(27-89-55)73(19-9-12-44(77)78)43(76)20-30-13-15-32(16-14-30)60(83)84/h6-8,10-11,17-18,24-28,30,32,35,45,49-50,79H,9,12-16,19-23H2,1-5H3,(H,61,74)(H,62,81)(H,64,80)(H,69,75)(H,70,82)(H,77,78)(H,83,84)/t30-,32-,35-,45?,49-,50-/m0/s1. The molecule has 25 nitrogen and oxygen atoms in total. The van der Waals surface area contributed by atoms with Gasteiger partial charge < -0.3 is 46.6 Å². The van der Waals surface area contributed by atoms with E-state index in [-0.39, 0.29) is 78.7 Å². The van der Waals surface area contributed by atoms with E-state index in [0.717, 1.165) is 34.0 Å². The molecule has 1 unspecified atom stereocenters. The number of aryl methyl sites for hydroxylation is 1. The quantitative estimate of drug-likeness (QED) is 0.0448. The average Bonchev–Trinajstić information content (AvgIpc) is 1.75. The molecule has 91 heavy (non-hydrogen) atoms. The molecule has 1 fully saturated rings. The highest BCUT2D eigenvalue weighted by molar-refractivity contribution is 7.15. The molecule has 31 heteroatoms. The third-order valence-corrected chi connectivity index (χ3v) is 21.0. The number of aliphatic carboxylic acids is 2. The number of nitrogens with zero attached hydrogens (tertiary/aromatic N) is 8. The van der Waals surface area contributed by atoms with Crippen LogP contribution in [0.4, 0.5) is 5.82 Å². The summed E-state index contributed by atoms with van der Waals surface area (Å²) >= 11 is 7.06. The number of amides is 6. The predicted octanol–water partition coefficient (Wildman–Crippen LogP) is 8.79. The Morgan fingerprint density at radius 3 is 2.12 bits per heavy atom. The highest BCUT2D eigenvalue weighted by Crippen LogP contribution is 2.41. The van der Waals surface area contributed by atoms with Crippen LogP contribution in [0, 0.1) is 24.7 Å². The van der Waals surface area contributed by atoms with E-state index >= 15 is 0 Å². The summed E-state index contributed by atoms with van der Waals surface area (Å²) in [5.74, 6) is -5.58. The molecule has 8 heterocycles. The zero-order valence-corrected chi connectivity index (χ0v) is 54.6. The van der Waals surface area contributed by atoms with E-state index in [1.165, 1.54) is 53.1 Å². The highest BCUT2D eigenvalue weighted by atomic mass is 32.1. The van der Waals surface area contributed by atoms with Crippen LogP contribution in [0.15, 0.2) is 64.0 Å². The second kappa shape index (κ2) is 29.4. The van der Waals surface area contributed by atoms with Crippen molar-refractivity contribution >= 4 is 121 Å². The summed E-state index contributed by atoms with van der Waals surface area (Å²) in [6, 6.07) is 9.33. The minimum absolute atomic E-state index is 0.00305. The Balaban J connectivity index is 1.04. The molecule has 2 aliphatic rings. The van der Waals surface area contributed by atoms with Crippen LogP contribution in [0.3, 0.4) is 0 Å². The highest BCUT2D eigenvalue weighted by Gasteiger charge is 2.34. The van der Waals surface area contributed by atoms with Crippen LogP contribution >= 0.6 is 68.0 Å². The number of rotatable bonds is 16. The molecular formula is C60H63N13O12S6. The van der Waals surface area contributed by atoms with Crippen LogP contribution in [-0.2, 0) is 35.3 Å². The maximum atomic E-state index is 14.4. The van der Waals surface area contributed by atoms with Crippen LogP contribution in [0.1, 0.15) is 151 Å². The maximum Gasteiger partial charge on any atom is 0.306 e. The fraction of sp³-hybridized carbons (Fsp3) is 0.383. The number of aliphatic hydroxyl groups is 1. The number of fused-ring (bicyclic) bond motifs is 14. The van der Waals surface area contributed by atoms with Crippen LogP contribution in [0.2, 0.25) is 0 Å². The number of carboxylic acid groups (broad SMARTS) is 2. The van der Waals surface area contributed by atoms with Crippen LogP contribution in [-0.4, -0.2) is 125 Å². The summed E-state index contributed by atoms with van der Waals surface area (Å²) in [5, 5.41) is 54.1. The number of carboxylic acids is 2. The molecular weight excluding hydrogens is 1290 g/mol. The number of hydrogen-bond donors (Lipinski definition) is 8. The number of nitrogens with one attached hydrogen (secondary N) is 5. The molecule has 6 amide bonds. The second-order valence-electron chi connectivity index (χ2n) is 21.9. The lowest BCUT2D eigenvalue weighted by molar-refractivity contribution is -0.143. The zero-order valence-electron chi connectivity index (χ0n) is 49.7. The molecule has 0 radical (unpaired) electrons. The minimum atomic E-state index is -1.30. The fourth-order valence-corrected chi connectivity index (χ4v) is 16.0. The molecule has 10 rings (SSSR count). The Labute approximate surface area is 545 Å². The third kappa shape index (κ3) is 15.6. The van der Waals surface area contributed by atoms with Crippen molar-refractivity contribution in [2.75, 3.05) is 32.1 Å². The van der Waals surface area contributed by atoms with Gasteiger partial charge in [0.2, 0.25) is 17.7 Å². The topological polar surface area (TPSA) is 360 Å². The van der Waals surface area contributed by atoms with E-state index in [1.807, 2.05) is 13.8 Å². The van der Waals surface area contributed by atoms with Crippen molar-refractivity contribution in [1.82, 2.24) is 61.5 Å². The Morgan fingerprint density at radius 2 is 1.40 bits per heavy atom. The largest absolute Gasteiger partial charge is 0.481 e. The van der Waals surface area contributed by atoms with Crippen LogP contribution in [0.25, 0.3) is 43.4 Å². The summed E-state index contributed by atoms with van der Waals surface area (Å²) in [7, 11) is 2.92. The van der Waals surface area contributed by atoms with Gasteiger partial charge >= 0.3 is 11.9 Å². The Morgan fingerprint density at radius 1 is 0.692 bits per heavy atom. The first-order valence-electron chi connectivity index (χ1n) is 28.9. The number of aromatic nitrogens is 7. The van der Waals surface area contributed by atoms with Crippen molar-refractivity contribution in [3.05, 3.63) is 111 Å². The van der Waals surface area contributed by atoms with E-state index in [2.05, 4.69) is 26.6 Å². The van der Waals surface area contributed by atoms with Gasteiger partial charge in [0.05, 0.1) is 48.1 Å². The van der Waals surface area contributed by atoms with Crippen molar-refractivity contribution in [3.8, 4) is 43.4 Å². The maximum absolute atomic E-state index is 14.4. The lowest BCUT2D eigenvalue weighted by atomic mass is 9.80. The summed E-state index contributed by atoms with van der Waals surface area (Å²) < 4.78 is 5.46. The number of ether oxygens (including phenoxy) is 1. The Hall–Kier alpha value is -8.17. The molecule has 4 atom stereocenters. The number of hydrogen-bond acceptors (Lipinski definition) is 23. The predicted molar refractivity (Wildman–Crippen MR) is 344 cm³/mol. The van der Waals surface area contributed by atoms with Gasteiger partial charge in [-0.3, -0.25) is 43.3 Å². The molecule has 1 saturated carbocycles. The van der Waals surface area contributed by atoms with Gasteiger partial charge in [-0.15, -0.1) is 68.0 Å². The molecule has 1 aromatic carbocycles. The molecule has 1 aliphatic heterocycles. The van der Waals surface area contributed by atoms with Gasteiger partial charge in [0.1, 0.15) is 82.2 Å². The van der Waals surface area contributed by atoms with E-state index in [1.54, 1.807) is 70.9 Å². The van der Waals surface area contributed by atoms with Crippen molar-refractivity contribution in [3.63, 3.8) is 0 Å². The molecule has 1 aliphatic carbocycles. The van der Waals surface area contributed by atoms with Crippen molar-refractivity contribution in [2.24, 2.45) is 17.8 Å². The second-order valence-corrected chi connectivity index (χ2v) is 27.8. The Kier molecular flexibility index (Phi) is 21.3. The smallest absolute Gasteiger partial charge is 0.306 e. The normalized spacial score (nSPS) is 18.5. The summed E-state index contributed by atoms with van der Waals surface area (Å²) in [4.78, 5) is 144. The summed E-state index contributed by atoms with van der Waals surface area (Å²) in [6.45, 7) is 4.98. The van der Waals surface area contributed by atoms with Crippen LogP contribution in [0.5, 0.6) is 0 Å². The van der Waals surface area contributed by atoms with E-state index in [0.29, 0.717) is 100 Å². The third-order valence-electron chi connectivity index (χ3n) is 15.2. The number of anilines is 1. The Bertz CT molecular complexity index is 4000. The van der Waals surface area contributed by atoms with Gasteiger partial charge in [0, 0.05) is 65.5 Å². The fourth-order valence-electron chi connectivity index (χ4n) is 10.4. The molecule has 0 saturated heterocycles. The van der Waals surface area contributed by atoms with Gasteiger partial charge in [0.15, 0.2) is 0 Å². The first-order chi connectivity index (χ1) is 43.7. The number of carbonyl (C=O) groups is 8. The van der Waals surface area contributed by atoms with Gasteiger partial charge in [0.25, 0.3) is 17.7 Å². The number of thiazole rings is 6. The molecule has 0 spiro atoms. The summed E-state index contributed by atoms with van der Waals surface area (Å²) in [5.41, 5.74) is 2.43. The number of benzene rings is 1. The van der Waals surface area contributed by atoms with Crippen molar-refractivity contribution in [2.45, 2.75) is 103 Å². The molecule has 10 bridgehead atoms. The molecule has 7 aromatic heterocycles. The van der Waals surface area contributed by atoms with Gasteiger partial charge in [-0.25, -0.2) is 34.9 Å².